The van der Waals surface area contributed by atoms with Crippen molar-refractivity contribution in [3.05, 3.63) is 17.0 Å². The fourth-order valence-electron chi connectivity index (χ4n) is 1.90. The van der Waals surface area contributed by atoms with Gasteiger partial charge in [-0.3, -0.25) is 4.68 Å². The number of nitrogens with zero attached hydrogens (tertiary/aromatic N) is 2. The van der Waals surface area contributed by atoms with Crippen LogP contribution in [0.3, 0.4) is 0 Å². The van der Waals surface area contributed by atoms with Crippen LogP contribution in [0.5, 0.6) is 0 Å². The average molecular weight is 224 g/mol. The van der Waals surface area contributed by atoms with Crippen LogP contribution in [0.4, 0.5) is 0 Å². The molecule has 0 saturated heterocycles. The smallest absolute Gasteiger partial charge is 0.354 e. The van der Waals surface area contributed by atoms with Gasteiger partial charge in [-0.05, 0) is 20.8 Å². The first-order valence-electron chi connectivity index (χ1n) is 5.33. The zero-order valence-corrected chi connectivity index (χ0v) is 9.78. The lowest BCUT2D eigenvalue weighted by atomic mass is 10.1. The van der Waals surface area contributed by atoms with Gasteiger partial charge in [-0.2, -0.15) is 5.10 Å². The number of carbonyl (C=O) groups is 1. The first kappa shape index (κ1) is 11.1. The van der Waals surface area contributed by atoms with E-state index in [1.165, 1.54) is 0 Å². The molecule has 0 radical (unpaired) electrons. The maximum atomic E-state index is 11.3. The summed E-state index contributed by atoms with van der Waals surface area (Å²) in [5.41, 5.74) is 1.53. The second-order valence-corrected chi connectivity index (χ2v) is 4.96. The number of aromatic nitrogens is 2. The predicted octanol–water partition coefficient (Wildman–Crippen LogP) is 1.41. The second-order valence-electron chi connectivity index (χ2n) is 4.96. The average Bonchev–Trinajstić information content (AvgIpc) is 2.55. The summed E-state index contributed by atoms with van der Waals surface area (Å²) in [6.45, 7) is 6.80. The highest BCUT2D eigenvalue weighted by molar-refractivity contribution is 5.88. The fraction of sp³-hybridized carbons (Fsp3) is 0.636. The van der Waals surface area contributed by atoms with Gasteiger partial charge >= 0.3 is 5.97 Å². The lowest BCUT2D eigenvalue weighted by molar-refractivity contribution is 0.0662. The Morgan fingerprint density at radius 2 is 2.19 bits per heavy atom. The second kappa shape index (κ2) is 3.59. The van der Waals surface area contributed by atoms with Gasteiger partial charge in [-0.15, -0.1) is 0 Å². The summed E-state index contributed by atoms with van der Waals surface area (Å²) in [5.74, 6) is -0.936. The number of fused-ring (bicyclic) bond motifs is 1. The van der Waals surface area contributed by atoms with Gasteiger partial charge in [0.25, 0.3) is 0 Å². The Labute approximate surface area is 94.0 Å². The van der Waals surface area contributed by atoms with E-state index in [4.69, 9.17) is 4.74 Å². The SMILES string of the molecule is CC(C)(C)n1nc2c(c1C(=O)O)COCC2. The van der Waals surface area contributed by atoms with Crippen LogP contribution >= 0.6 is 0 Å². The lowest BCUT2D eigenvalue weighted by Gasteiger charge is -2.21. The molecule has 0 aromatic carbocycles. The minimum absolute atomic E-state index is 0.266. The maximum absolute atomic E-state index is 11.3. The molecule has 0 aliphatic carbocycles. The molecule has 0 amide bonds. The van der Waals surface area contributed by atoms with Crippen LogP contribution in [0.2, 0.25) is 0 Å². The molecule has 0 saturated carbocycles. The Morgan fingerprint density at radius 3 is 2.75 bits per heavy atom. The van der Waals surface area contributed by atoms with Crippen LogP contribution in [-0.2, 0) is 23.3 Å². The first-order valence-corrected chi connectivity index (χ1v) is 5.33. The molecular weight excluding hydrogens is 208 g/mol. The fourth-order valence-corrected chi connectivity index (χ4v) is 1.90. The van der Waals surface area contributed by atoms with E-state index >= 15 is 0 Å². The number of ether oxygens (including phenoxy) is 1. The van der Waals surface area contributed by atoms with Gasteiger partial charge < -0.3 is 9.84 Å². The molecule has 5 nitrogen and oxygen atoms in total. The van der Waals surface area contributed by atoms with E-state index < -0.39 is 5.97 Å². The van der Waals surface area contributed by atoms with Gasteiger partial charge in [-0.25, -0.2) is 4.79 Å². The summed E-state index contributed by atoms with van der Waals surface area (Å²) in [7, 11) is 0. The van der Waals surface area contributed by atoms with Gasteiger partial charge in [0.1, 0.15) is 0 Å². The molecule has 1 aromatic heterocycles. The van der Waals surface area contributed by atoms with Crippen LogP contribution in [0.1, 0.15) is 42.5 Å². The Hall–Kier alpha value is -1.36. The Balaban J connectivity index is 2.61. The van der Waals surface area contributed by atoms with Crippen molar-refractivity contribution in [1.82, 2.24) is 9.78 Å². The van der Waals surface area contributed by atoms with Crippen molar-refractivity contribution in [3.63, 3.8) is 0 Å². The maximum Gasteiger partial charge on any atom is 0.354 e. The van der Waals surface area contributed by atoms with E-state index in [2.05, 4.69) is 5.10 Å². The molecule has 1 aliphatic rings. The van der Waals surface area contributed by atoms with Crippen molar-refractivity contribution in [2.24, 2.45) is 0 Å². The van der Waals surface area contributed by atoms with Crippen LogP contribution in [0.15, 0.2) is 0 Å². The normalized spacial score (nSPS) is 15.9. The largest absolute Gasteiger partial charge is 0.477 e. The van der Waals surface area contributed by atoms with Crippen LogP contribution in [-0.4, -0.2) is 27.5 Å². The van der Waals surface area contributed by atoms with E-state index in [1.54, 1.807) is 4.68 Å². The molecule has 16 heavy (non-hydrogen) atoms. The van der Waals surface area contributed by atoms with Gasteiger partial charge in [0.05, 0.1) is 24.4 Å². The van der Waals surface area contributed by atoms with Crippen LogP contribution in [0, 0.1) is 0 Å². The minimum atomic E-state index is -0.936. The number of carboxylic acid groups (broad SMARTS) is 1. The third-order valence-corrected chi connectivity index (χ3v) is 2.63. The quantitative estimate of drug-likeness (QED) is 0.783. The third kappa shape index (κ3) is 1.71. The summed E-state index contributed by atoms with van der Waals surface area (Å²) in [6.07, 6.45) is 0.693. The molecule has 88 valence electrons. The van der Waals surface area contributed by atoms with Crippen molar-refractivity contribution < 1.29 is 14.6 Å². The van der Waals surface area contributed by atoms with E-state index in [9.17, 15) is 9.90 Å². The molecule has 1 aromatic rings. The minimum Gasteiger partial charge on any atom is -0.477 e. The molecule has 1 aliphatic heterocycles. The number of hydrogen-bond acceptors (Lipinski definition) is 3. The molecule has 0 bridgehead atoms. The Morgan fingerprint density at radius 1 is 1.50 bits per heavy atom. The predicted molar refractivity (Wildman–Crippen MR) is 57.5 cm³/mol. The van der Waals surface area contributed by atoms with Gasteiger partial charge in [-0.1, -0.05) is 0 Å². The number of aromatic carboxylic acids is 1. The third-order valence-electron chi connectivity index (χ3n) is 2.63. The standard InChI is InChI=1S/C11H16N2O3/c1-11(2,3)13-9(10(14)15)7-6-16-5-4-8(7)12-13/h4-6H2,1-3H3,(H,14,15). The van der Waals surface area contributed by atoms with E-state index in [0.29, 0.717) is 19.6 Å². The molecule has 0 atom stereocenters. The summed E-state index contributed by atoms with van der Waals surface area (Å²) in [4.78, 5) is 11.3. The van der Waals surface area contributed by atoms with Crippen molar-refractivity contribution in [3.8, 4) is 0 Å². The van der Waals surface area contributed by atoms with Gasteiger partial charge in [0.15, 0.2) is 5.69 Å². The van der Waals surface area contributed by atoms with Crippen molar-refractivity contribution in [2.75, 3.05) is 6.61 Å². The van der Waals surface area contributed by atoms with Gasteiger partial charge in [0.2, 0.25) is 0 Å². The Bertz CT molecular complexity index is 429. The monoisotopic (exact) mass is 224 g/mol. The number of carboxylic acids is 1. The summed E-state index contributed by atoms with van der Waals surface area (Å²) in [5, 5.41) is 13.7. The lowest BCUT2D eigenvalue weighted by Crippen LogP contribution is -2.27. The topological polar surface area (TPSA) is 64.4 Å². The van der Waals surface area contributed by atoms with E-state index in [1.807, 2.05) is 20.8 Å². The molecular formula is C11H16N2O3. The number of hydrogen-bond donors (Lipinski definition) is 1. The summed E-state index contributed by atoms with van der Waals surface area (Å²) >= 11 is 0. The van der Waals surface area contributed by atoms with Crippen molar-refractivity contribution in [2.45, 2.75) is 39.3 Å². The highest BCUT2D eigenvalue weighted by atomic mass is 16.5. The molecule has 2 rings (SSSR count). The van der Waals surface area contributed by atoms with E-state index in [0.717, 1.165) is 11.3 Å². The highest BCUT2D eigenvalue weighted by Crippen LogP contribution is 2.25. The van der Waals surface area contributed by atoms with Crippen molar-refractivity contribution in [1.29, 1.82) is 0 Å². The zero-order valence-electron chi connectivity index (χ0n) is 9.78. The molecule has 1 N–H and O–H groups in total. The zero-order chi connectivity index (χ0) is 11.9. The first-order chi connectivity index (χ1) is 7.41. The van der Waals surface area contributed by atoms with E-state index in [-0.39, 0.29) is 11.2 Å². The summed E-state index contributed by atoms with van der Waals surface area (Å²) in [6, 6.07) is 0. The van der Waals surface area contributed by atoms with Gasteiger partial charge in [0, 0.05) is 12.0 Å². The summed E-state index contributed by atoms with van der Waals surface area (Å²) < 4.78 is 6.89. The molecule has 0 spiro atoms. The molecule has 0 fully saturated rings. The Kier molecular flexibility index (Phi) is 2.50. The molecule has 2 heterocycles. The van der Waals surface area contributed by atoms with Crippen LogP contribution < -0.4 is 0 Å². The number of rotatable bonds is 1. The molecule has 5 heteroatoms. The molecule has 0 unspecified atom stereocenters. The van der Waals surface area contributed by atoms with Crippen molar-refractivity contribution >= 4 is 5.97 Å². The van der Waals surface area contributed by atoms with Crippen LogP contribution in [0.25, 0.3) is 0 Å². The highest BCUT2D eigenvalue weighted by Gasteiger charge is 2.30.